The van der Waals surface area contributed by atoms with Crippen molar-refractivity contribution in [3.05, 3.63) is 0 Å². The first-order valence-corrected chi connectivity index (χ1v) is 0. The Morgan fingerprint density at radius 3 is 0.600 bits per heavy atom. The Morgan fingerprint density at radius 1 is 0.600 bits per heavy atom. The number of hydrogen-bond donors (Lipinski definition) is 0. The molecule has 0 saturated carbocycles. The van der Waals surface area contributed by atoms with Crippen LogP contribution in [-0.4, -0.2) is 0 Å². The molecule has 0 heterocycles. The van der Waals surface area contributed by atoms with Crippen LogP contribution in [0.5, 0.6) is 0 Å². The van der Waals surface area contributed by atoms with Crippen molar-refractivity contribution in [3.63, 3.8) is 0 Å². The van der Waals surface area contributed by atoms with Gasteiger partial charge >= 0.3 is 21.7 Å². The average molecular weight is 279 g/mol. The summed E-state index contributed by atoms with van der Waals surface area (Å²) in [6.45, 7) is 0. The van der Waals surface area contributed by atoms with Gasteiger partial charge in [0.2, 0.25) is 0 Å². The third-order valence-electron chi connectivity index (χ3n) is 0. The van der Waals surface area contributed by atoms with Crippen LogP contribution in [0.15, 0.2) is 0 Å². The molecule has 0 radical (unpaired) electrons. The summed E-state index contributed by atoms with van der Waals surface area (Å²) in [7, 11) is 0. The van der Waals surface area contributed by atoms with Gasteiger partial charge in [-0.05, 0) is 0 Å². The fourth-order valence-electron chi connectivity index (χ4n) is 0. The molecular formula is Br2Cl2Ti. The van der Waals surface area contributed by atoms with Gasteiger partial charge in [-0.1, -0.05) is 0 Å². The van der Waals surface area contributed by atoms with E-state index in [1.807, 2.05) is 0 Å². The molecule has 0 aliphatic carbocycles. The molecule has 5 heavy (non-hydrogen) atoms. The Labute approximate surface area is 79.7 Å². The minimum absolute atomic E-state index is 0. The average Bonchev–Trinajstić information content (AvgIpc) is 0. The van der Waals surface area contributed by atoms with Crippen molar-refractivity contribution in [2.24, 2.45) is 0 Å². The van der Waals surface area contributed by atoms with E-state index in [0.717, 1.165) is 0 Å². The summed E-state index contributed by atoms with van der Waals surface area (Å²) in [5.74, 6) is 0. The van der Waals surface area contributed by atoms with E-state index in [2.05, 4.69) is 0 Å². The second-order valence-electron chi connectivity index (χ2n) is 0. The van der Waals surface area contributed by atoms with Crippen LogP contribution >= 0.6 is 0 Å². The molecule has 32 valence electrons. The fourth-order valence-corrected chi connectivity index (χ4v) is 0. The van der Waals surface area contributed by atoms with E-state index >= 15 is 0 Å². The molecule has 0 atom stereocenters. The van der Waals surface area contributed by atoms with Gasteiger partial charge in [-0.15, -0.1) is 0 Å². The second kappa shape index (κ2) is 34.0. The van der Waals surface area contributed by atoms with Gasteiger partial charge in [0.25, 0.3) is 0 Å². The number of hydrogen-bond acceptors (Lipinski definition) is 0. The minimum Gasteiger partial charge on any atom is -1.00 e. The summed E-state index contributed by atoms with van der Waals surface area (Å²) in [5, 5.41) is 0. The summed E-state index contributed by atoms with van der Waals surface area (Å²) >= 11 is 0. The Hall–Kier alpha value is 2.25. The largest absolute Gasteiger partial charge is 4.00 e. The maximum atomic E-state index is 0. The first-order chi connectivity index (χ1) is 0. The van der Waals surface area contributed by atoms with Gasteiger partial charge in [0.1, 0.15) is 0 Å². The smallest absolute Gasteiger partial charge is 1.00 e. The van der Waals surface area contributed by atoms with Crippen molar-refractivity contribution in [1.82, 2.24) is 0 Å². The van der Waals surface area contributed by atoms with Crippen molar-refractivity contribution < 1.29 is 80.5 Å². The van der Waals surface area contributed by atoms with E-state index in [0.29, 0.717) is 0 Å². The summed E-state index contributed by atoms with van der Waals surface area (Å²) in [5.41, 5.74) is 0. The van der Waals surface area contributed by atoms with Crippen LogP contribution in [0.25, 0.3) is 0 Å². The topological polar surface area (TPSA) is 0 Å². The third kappa shape index (κ3) is 22.3. The molecule has 0 amide bonds. The maximum Gasteiger partial charge on any atom is 4.00 e. The van der Waals surface area contributed by atoms with Gasteiger partial charge in [0.15, 0.2) is 0 Å². The molecule has 0 aliphatic heterocycles. The summed E-state index contributed by atoms with van der Waals surface area (Å²) in [6.07, 6.45) is 0. The molecule has 0 aromatic rings. The summed E-state index contributed by atoms with van der Waals surface area (Å²) < 4.78 is 0. The normalized spacial score (nSPS) is 0. The van der Waals surface area contributed by atoms with E-state index < -0.39 is 0 Å². The monoisotopic (exact) mass is 276 g/mol. The van der Waals surface area contributed by atoms with E-state index in [4.69, 9.17) is 0 Å². The van der Waals surface area contributed by atoms with Crippen molar-refractivity contribution in [2.75, 3.05) is 0 Å². The second-order valence-corrected chi connectivity index (χ2v) is 0. The van der Waals surface area contributed by atoms with Crippen LogP contribution in [0.3, 0.4) is 0 Å². The van der Waals surface area contributed by atoms with Gasteiger partial charge in [-0.25, -0.2) is 0 Å². The van der Waals surface area contributed by atoms with E-state index in [9.17, 15) is 0 Å². The van der Waals surface area contributed by atoms with Crippen molar-refractivity contribution >= 4 is 0 Å². The van der Waals surface area contributed by atoms with Crippen LogP contribution in [0, 0.1) is 0 Å². The van der Waals surface area contributed by atoms with Crippen LogP contribution in [0.2, 0.25) is 0 Å². The molecule has 0 aliphatic rings. The van der Waals surface area contributed by atoms with Crippen LogP contribution in [0.4, 0.5) is 0 Å². The van der Waals surface area contributed by atoms with E-state index in [-0.39, 0.29) is 80.5 Å². The quantitative estimate of drug-likeness (QED) is 0.386. The molecule has 0 unspecified atom stereocenters. The molecular weight excluding hydrogens is 279 g/mol. The molecule has 0 aromatic heterocycles. The first-order valence-electron chi connectivity index (χ1n) is 0. The summed E-state index contributed by atoms with van der Waals surface area (Å²) in [4.78, 5) is 0. The maximum absolute atomic E-state index is 0. The van der Waals surface area contributed by atoms with Gasteiger partial charge in [0.05, 0.1) is 0 Å². The molecule has 0 spiro atoms. The van der Waals surface area contributed by atoms with Crippen molar-refractivity contribution in [2.45, 2.75) is 0 Å². The molecule has 0 aromatic carbocycles. The standard InChI is InChI=1S/2BrH.2ClH.Ti/h4*1H;/q;;;;+4/p-4. The third-order valence-corrected chi connectivity index (χ3v) is 0. The molecule has 0 nitrogen and oxygen atoms in total. The fraction of sp³-hybridized carbons (Fsp3) is 0. The number of halogens is 4. The van der Waals surface area contributed by atoms with E-state index in [1.165, 1.54) is 0 Å². The SMILES string of the molecule is [Br-].[Br-].[Cl-].[Cl-].[Ti+4]. The van der Waals surface area contributed by atoms with Gasteiger partial charge in [-0.3, -0.25) is 0 Å². The molecule has 0 saturated heterocycles. The zero-order chi connectivity index (χ0) is 0. The molecule has 5 heteroatoms. The zero-order valence-corrected chi connectivity index (χ0v) is 8.26. The molecule has 0 fully saturated rings. The van der Waals surface area contributed by atoms with Gasteiger partial charge in [-0.2, -0.15) is 0 Å². The molecule has 0 N–H and O–H groups in total. The summed E-state index contributed by atoms with van der Waals surface area (Å²) in [6, 6.07) is 0. The van der Waals surface area contributed by atoms with Crippen molar-refractivity contribution in [1.29, 1.82) is 0 Å². The Bertz CT molecular complexity index is 7.61. The first kappa shape index (κ1) is 55.8. The van der Waals surface area contributed by atoms with E-state index in [1.54, 1.807) is 0 Å². The Morgan fingerprint density at radius 2 is 0.600 bits per heavy atom. The molecule has 0 rings (SSSR count). The molecule has 0 bridgehead atoms. The van der Waals surface area contributed by atoms with Gasteiger partial charge < -0.3 is 58.8 Å². The minimum atomic E-state index is 0. The van der Waals surface area contributed by atoms with Crippen LogP contribution in [-0.2, 0) is 21.7 Å². The van der Waals surface area contributed by atoms with Gasteiger partial charge in [0, 0.05) is 0 Å². The predicted octanol–water partition coefficient (Wildman–Crippen LogP) is -12.0. The Balaban J connectivity index is 0. The van der Waals surface area contributed by atoms with Crippen LogP contribution < -0.4 is 58.8 Å². The zero-order valence-electron chi connectivity index (χ0n) is 2.01. The van der Waals surface area contributed by atoms with Crippen molar-refractivity contribution in [3.8, 4) is 0 Å². The Kier molecular flexibility index (Phi) is 379. The van der Waals surface area contributed by atoms with Crippen LogP contribution in [0.1, 0.15) is 0 Å². The predicted molar refractivity (Wildman–Crippen MR) is 0 cm³/mol. The number of rotatable bonds is 0.